The molecule has 0 aliphatic heterocycles. The molecule has 1 aromatic rings. The zero-order valence-corrected chi connectivity index (χ0v) is 9.48. The summed E-state index contributed by atoms with van der Waals surface area (Å²) < 4.78 is 0. The highest BCUT2D eigenvalue weighted by molar-refractivity contribution is 5.35. The number of nitriles is 1. The first-order chi connectivity index (χ1) is 7.78. The minimum atomic E-state index is 0.255. The van der Waals surface area contributed by atoms with Crippen molar-refractivity contribution in [3.63, 3.8) is 0 Å². The average Bonchev–Trinajstić information content (AvgIpc) is 2.30. The fraction of sp³-hybridized carbons (Fsp3) is 0.583. The van der Waals surface area contributed by atoms with Crippen molar-refractivity contribution in [1.82, 2.24) is 9.97 Å². The van der Waals surface area contributed by atoms with Crippen LogP contribution in [0, 0.1) is 24.2 Å². The first kappa shape index (κ1) is 10.9. The van der Waals surface area contributed by atoms with Crippen molar-refractivity contribution in [2.75, 3.05) is 5.32 Å². The summed E-state index contributed by atoms with van der Waals surface area (Å²) in [6.45, 7) is 1.96. The Hall–Kier alpha value is -1.63. The van der Waals surface area contributed by atoms with Crippen LogP contribution in [-0.4, -0.2) is 16.0 Å². The predicted octanol–water partition coefficient (Wildman–Crippen LogP) is 2.28. The third-order valence-electron chi connectivity index (χ3n) is 3.07. The number of aromatic nitrogens is 2. The number of aryl methyl sites for hydroxylation is 1. The van der Waals surface area contributed by atoms with Crippen LogP contribution in [0.25, 0.3) is 0 Å². The van der Waals surface area contributed by atoms with Gasteiger partial charge in [-0.15, -0.1) is 0 Å². The lowest BCUT2D eigenvalue weighted by Gasteiger charge is -2.25. The Morgan fingerprint density at radius 2 is 2.06 bits per heavy atom. The van der Waals surface area contributed by atoms with Crippen LogP contribution in [0.3, 0.4) is 0 Å². The van der Waals surface area contributed by atoms with Gasteiger partial charge in [-0.05, 0) is 32.6 Å². The van der Waals surface area contributed by atoms with E-state index in [1.807, 2.05) is 13.0 Å². The Kier molecular flexibility index (Phi) is 3.35. The van der Waals surface area contributed by atoms with Crippen LogP contribution in [0.1, 0.15) is 31.4 Å². The quantitative estimate of drug-likeness (QED) is 0.823. The molecule has 1 fully saturated rings. The summed E-state index contributed by atoms with van der Waals surface area (Å²) in [7, 11) is 0. The van der Waals surface area contributed by atoms with Crippen molar-refractivity contribution in [2.45, 2.75) is 38.6 Å². The van der Waals surface area contributed by atoms with Gasteiger partial charge in [-0.2, -0.15) is 5.26 Å². The molecule has 1 aliphatic carbocycles. The van der Waals surface area contributed by atoms with E-state index in [0.717, 1.165) is 37.2 Å². The molecule has 1 aliphatic rings. The van der Waals surface area contributed by atoms with Crippen molar-refractivity contribution in [3.8, 4) is 6.07 Å². The van der Waals surface area contributed by atoms with Crippen molar-refractivity contribution in [1.29, 1.82) is 5.26 Å². The molecule has 16 heavy (non-hydrogen) atoms. The van der Waals surface area contributed by atoms with Crippen LogP contribution < -0.4 is 5.32 Å². The molecule has 1 aromatic heterocycles. The van der Waals surface area contributed by atoms with Gasteiger partial charge in [-0.3, -0.25) is 0 Å². The normalized spacial score (nSPS) is 24.8. The molecule has 0 unspecified atom stereocenters. The minimum Gasteiger partial charge on any atom is -0.367 e. The third kappa shape index (κ3) is 2.69. The average molecular weight is 216 g/mol. The van der Waals surface area contributed by atoms with E-state index in [1.165, 1.54) is 0 Å². The summed E-state index contributed by atoms with van der Waals surface area (Å²) in [5.74, 6) is 1.15. The molecule has 1 N–H and O–H groups in total. The van der Waals surface area contributed by atoms with Crippen LogP contribution in [0.15, 0.2) is 12.4 Å². The van der Waals surface area contributed by atoms with E-state index in [4.69, 9.17) is 5.26 Å². The molecule has 0 saturated heterocycles. The Bertz CT molecular complexity index is 388. The maximum Gasteiger partial charge on any atom is 0.129 e. The molecular formula is C12H16N4. The highest BCUT2D eigenvalue weighted by atomic mass is 15.0. The lowest BCUT2D eigenvalue weighted by Crippen LogP contribution is -2.26. The van der Waals surface area contributed by atoms with Crippen LogP contribution >= 0.6 is 0 Å². The summed E-state index contributed by atoms with van der Waals surface area (Å²) in [5, 5.41) is 12.2. The molecule has 0 radical (unpaired) electrons. The zero-order valence-electron chi connectivity index (χ0n) is 9.48. The van der Waals surface area contributed by atoms with E-state index in [-0.39, 0.29) is 5.92 Å². The molecule has 4 heteroatoms. The maximum atomic E-state index is 8.81. The SMILES string of the molecule is Cc1cc(NC2CCC(C#N)CC2)ncn1. The van der Waals surface area contributed by atoms with E-state index in [0.29, 0.717) is 6.04 Å². The molecule has 0 bridgehead atoms. The van der Waals surface area contributed by atoms with Gasteiger partial charge in [0.2, 0.25) is 0 Å². The lowest BCUT2D eigenvalue weighted by molar-refractivity contribution is 0.397. The van der Waals surface area contributed by atoms with Gasteiger partial charge in [0, 0.05) is 23.7 Å². The molecule has 0 atom stereocenters. The standard InChI is InChI=1S/C12H16N4/c1-9-6-12(15-8-14-9)16-11-4-2-10(7-13)3-5-11/h6,8,10-11H,2-5H2,1H3,(H,14,15,16). The first-order valence-corrected chi connectivity index (χ1v) is 5.72. The van der Waals surface area contributed by atoms with Crippen molar-refractivity contribution < 1.29 is 0 Å². The number of rotatable bonds is 2. The first-order valence-electron chi connectivity index (χ1n) is 5.72. The van der Waals surface area contributed by atoms with Crippen LogP contribution in [0.5, 0.6) is 0 Å². The molecule has 2 rings (SSSR count). The van der Waals surface area contributed by atoms with Crippen molar-refractivity contribution in [3.05, 3.63) is 18.1 Å². The molecule has 0 spiro atoms. The Labute approximate surface area is 95.7 Å². The summed E-state index contributed by atoms with van der Waals surface area (Å²) in [4.78, 5) is 8.25. The zero-order chi connectivity index (χ0) is 11.4. The van der Waals surface area contributed by atoms with Crippen molar-refractivity contribution >= 4 is 5.82 Å². The van der Waals surface area contributed by atoms with Gasteiger partial charge in [0.25, 0.3) is 0 Å². The minimum absolute atomic E-state index is 0.255. The summed E-state index contributed by atoms with van der Waals surface area (Å²) in [6.07, 6.45) is 5.69. The van der Waals surface area contributed by atoms with E-state index in [9.17, 15) is 0 Å². The van der Waals surface area contributed by atoms with Gasteiger partial charge < -0.3 is 5.32 Å². The molecule has 0 aromatic carbocycles. The monoisotopic (exact) mass is 216 g/mol. The molecule has 1 saturated carbocycles. The van der Waals surface area contributed by atoms with E-state index >= 15 is 0 Å². The molecule has 4 nitrogen and oxygen atoms in total. The van der Waals surface area contributed by atoms with Crippen molar-refractivity contribution in [2.24, 2.45) is 5.92 Å². The second-order valence-corrected chi connectivity index (χ2v) is 4.37. The third-order valence-corrected chi connectivity index (χ3v) is 3.07. The highest BCUT2D eigenvalue weighted by Crippen LogP contribution is 2.25. The Balaban J connectivity index is 1.90. The number of anilines is 1. The second-order valence-electron chi connectivity index (χ2n) is 4.37. The van der Waals surface area contributed by atoms with Gasteiger partial charge in [0.1, 0.15) is 12.1 Å². The van der Waals surface area contributed by atoms with E-state index in [2.05, 4.69) is 21.4 Å². The van der Waals surface area contributed by atoms with E-state index in [1.54, 1.807) is 6.33 Å². The van der Waals surface area contributed by atoms with Crippen LogP contribution in [-0.2, 0) is 0 Å². The fourth-order valence-electron chi connectivity index (χ4n) is 2.11. The van der Waals surface area contributed by atoms with Gasteiger partial charge >= 0.3 is 0 Å². The van der Waals surface area contributed by atoms with Gasteiger partial charge in [0.05, 0.1) is 6.07 Å². The number of hydrogen-bond acceptors (Lipinski definition) is 4. The Morgan fingerprint density at radius 1 is 1.31 bits per heavy atom. The molecule has 1 heterocycles. The van der Waals surface area contributed by atoms with Crippen LogP contribution in [0.2, 0.25) is 0 Å². The summed E-state index contributed by atoms with van der Waals surface area (Å²) in [5.41, 5.74) is 0.975. The largest absolute Gasteiger partial charge is 0.367 e. The Morgan fingerprint density at radius 3 is 2.69 bits per heavy atom. The van der Waals surface area contributed by atoms with E-state index < -0.39 is 0 Å². The topological polar surface area (TPSA) is 61.6 Å². The second kappa shape index (κ2) is 4.93. The number of hydrogen-bond donors (Lipinski definition) is 1. The van der Waals surface area contributed by atoms with Gasteiger partial charge in [-0.1, -0.05) is 0 Å². The maximum absolute atomic E-state index is 8.81. The number of nitrogens with zero attached hydrogens (tertiary/aromatic N) is 3. The van der Waals surface area contributed by atoms with Gasteiger partial charge in [0.15, 0.2) is 0 Å². The summed E-state index contributed by atoms with van der Waals surface area (Å²) >= 11 is 0. The van der Waals surface area contributed by atoms with Crippen LogP contribution in [0.4, 0.5) is 5.82 Å². The fourth-order valence-corrected chi connectivity index (χ4v) is 2.11. The predicted molar refractivity (Wildman–Crippen MR) is 61.8 cm³/mol. The number of nitrogens with one attached hydrogen (secondary N) is 1. The summed E-state index contributed by atoms with van der Waals surface area (Å²) in [6, 6.07) is 4.76. The molecule has 84 valence electrons. The lowest BCUT2D eigenvalue weighted by atomic mass is 9.87. The van der Waals surface area contributed by atoms with Gasteiger partial charge in [-0.25, -0.2) is 9.97 Å². The highest BCUT2D eigenvalue weighted by Gasteiger charge is 2.20. The smallest absolute Gasteiger partial charge is 0.129 e. The molecular weight excluding hydrogens is 200 g/mol. The molecule has 0 amide bonds.